The van der Waals surface area contributed by atoms with E-state index in [0.29, 0.717) is 0 Å². The van der Waals surface area contributed by atoms with Crippen molar-refractivity contribution in [3.63, 3.8) is 0 Å². The van der Waals surface area contributed by atoms with Gasteiger partial charge in [0.25, 0.3) is 0 Å². The van der Waals surface area contributed by atoms with Gasteiger partial charge in [-0.05, 0) is 50.4 Å². The third kappa shape index (κ3) is 4.19. The molecule has 0 aliphatic heterocycles. The zero-order valence-corrected chi connectivity index (χ0v) is 15.4. The number of hydrogen-bond acceptors (Lipinski definition) is 4. The Balaban J connectivity index is 2.55. The first-order chi connectivity index (χ1) is 11.8. The number of hydrogen-bond donors (Lipinski definition) is 0. The molecule has 4 nitrogen and oxygen atoms in total. The van der Waals surface area contributed by atoms with Gasteiger partial charge in [-0.15, -0.1) is 0 Å². The van der Waals surface area contributed by atoms with Gasteiger partial charge in [-0.25, -0.2) is 0 Å². The summed E-state index contributed by atoms with van der Waals surface area (Å²) in [5.74, 6) is 0. The van der Waals surface area contributed by atoms with Crippen LogP contribution < -0.4 is 0 Å². The molecular formula is C20H30N4. The van der Waals surface area contributed by atoms with Gasteiger partial charge >= 0.3 is 0 Å². The zero-order valence-electron chi connectivity index (χ0n) is 15.4. The van der Waals surface area contributed by atoms with Gasteiger partial charge in [-0.2, -0.15) is 0 Å². The van der Waals surface area contributed by atoms with E-state index in [0.717, 1.165) is 37.6 Å². The van der Waals surface area contributed by atoms with E-state index in [-0.39, 0.29) is 12.1 Å². The molecule has 4 heteroatoms. The minimum atomic E-state index is 0.191. The first-order valence-electron chi connectivity index (χ1n) is 9.06. The van der Waals surface area contributed by atoms with Crippen LogP contribution in [0.15, 0.2) is 48.8 Å². The van der Waals surface area contributed by atoms with Gasteiger partial charge in [-0.3, -0.25) is 19.8 Å². The van der Waals surface area contributed by atoms with E-state index in [4.69, 9.17) is 9.97 Å². The number of pyridine rings is 2. The van der Waals surface area contributed by atoms with Crippen LogP contribution in [-0.2, 0) is 0 Å². The van der Waals surface area contributed by atoms with Gasteiger partial charge in [0.2, 0.25) is 0 Å². The highest BCUT2D eigenvalue weighted by atomic mass is 15.3. The molecule has 2 heterocycles. The average molecular weight is 326 g/mol. The second kappa shape index (κ2) is 9.50. The average Bonchev–Trinajstić information content (AvgIpc) is 2.66. The van der Waals surface area contributed by atoms with Crippen molar-refractivity contribution in [2.75, 3.05) is 26.2 Å². The molecule has 2 unspecified atom stereocenters. The molecule has 130 valence electrons. The molecule has 0 amide bonds. The van der Waals surface area contributed by atoms with Crippen LogP contribution in [0.5, 0.6) is 0 Å². The molecule has 0 aliphatic rings. The van der Waals surface area contributed by atoms with Crippen LogP contribution in [-0.4, -0.2) is 45.9 Å². The SMILES string of the molecule is CCN(CC)C(c1ccccn1)C(c1ccccn1)N(CC)CC. The molecule has 0 saturated carbocycles. The lowest BCUT2D eigenvalue weighted by Crippen LogP contribution is -2.41. The van der Waals surface area contributed by atoms with Crippen LogP contribution in [0.25, 0.3) is 0 Å². The van der Waals surface area contributed by atoms with E-state index in [1.54, 1.807) is 0 Å². The Kier molecular flexibility index (Phi) is 7.35. The van der Waals surface area contributed by atoms with E-state index >= 15 is 0 Å². The zero-order chi connectivity index (χ0) is 17.4. The lowest BCUT2D eigenvalue weighted by molar-refractivity contribution is 0.0839. The van der Waals surface area contributed by atoms with Crippen molar-refractivity contribution >= 4 is 0 Å². The molecule has 0 saturated heterocycles. The van der Waals surface area contributed by atoms with Crippen LogP contribution >= 0.6 is 0 Å². The third-order valence-electron chi connectivity index (χ3n) is 4.69. The predicted octanol–water partition coefficient (Wildman–Crippen LogP) is 3.94. The number of nitrogens with zero attached hydrogens (tertiary/aromatic N) is 4. The maximum atomic E-state index is 4.70. The van der Waals surface area contributed by atoms with Crippen LogP contribution in [0.1, 0.15) is 51.2 Å². The largest absolute Gasteiger partial charge is 0.294 e. The Morgan fingerprint density at radius 3 is 1.29 bits per heavy atom. The van der Waals surface area contributed by atoms with Crippen molar-refractivity contribution in [2.45, 2.75) is 39.8 Å². The summed E-state index contributed by atoms with van der Waals surface area (Å²) in [6, 6.07) is 12.8. The Labute approximate surface area is 146 Å². The van der Waals surface area contributed by atoms with Gasteiger partial charge in [0.05, 0.1) is 23.5 Å². The minimum Gasteiger partial charge on any atom is -0.294 e. The van der Waals surface area contributed by atoms with Crippen molar-refractivity contribution in [3.8, 4) is 0 Å². The normalized spacial score (nSPS) is 14.1. The molecule has 0 aliphatic carbocycles. The fourth-order valence-corrected chi connectivity index (χ4v) is 3.43. The van der Waals surface area contributed by atoms with Crippen molar-refractivity contribution in [1.29, 1.82) is 0 Å². The summed E-state index contributed by atoms with van der Waals surface area (Å²) in [5.41, 5.74) is 2.23. The van der Waals surface area contributed by atoms with E-state index in [2.05, 4.69) is 61.8 Å². The Morgan fingerprint density at radius 2 is 1.04 bits per heavy atom. The number of aromatic nitrogens is 2. The maximum Gasteiger partial charge on any atom is 0.0735 e. The van der Waals surface area contributed by atoms with Gasteiger partial charge < -0.3 is 0 Å². The van der Waals surface area contributed by atoms with Crippen molar-refractivity contribution in [3.05, 3.63) is 60.2 Å². The first-order valence-corrected chi connectivity index (χ1v) is 9.06. The highest BCUT2D eigenvalue weighted by Gasteiger charge is 2.34. The minimum absolute atomic E-state index is 0.191. The number of likely N-dealkylation sites (N-methyl/N-ethyl adjacent to an activating group) is 2. The summed E-state index contributed by atoms with van der Waals surface area (Å²) in [6.45, 7) is 12.8. The van der Waals surface area contributed by atoms with E-state index in [1.165, 1.54) is 0 Å². The lowest BCUT2D eigenvalue weighted by Gasteiger charge is -2.40. The molecule has 2 rings (SSSR count). The molecule has 2 aromatic rings. The highest BCUT2D eigenvalue weighted by molar-refractivity contribution is 5.19. The van der Waals surface area contributed by atoms with Gasteiger partial charge in [0.15, 0.2) is 0 Å². The fraction of sp³-hybridized carbons (Fsp3) is 0.500. The summed E-state index contributed by atoms with van der Waals surface area (Å²) in [4.78, 5) is 14.4. The van der Waals surface area contributed by atoms with Crippen LogP contribution in [0.3, 0.4) is 0 Å². The summed E-state index contributed by atoms with van der Waals surface area (Å²) in [7, 11) is 0. The van der Waals surface area contributed by atoms with E-state index < -0.39 is 0 Å². The number of rotatable bonds is 9. The maximum absolute atomic E-state index is 4.70. The Morgan fingerprint density at radius 1 is 0.667 bits per heavy atom. The molecular weight excluding hydrogens is 296 g/mol. The second-order valence-electron chi connectivity index (χ2n) is 5.84. The highest BCUT2D eigenvalue weighted by Crippen LogP contribution is 2.36. The molecule has 0 radical (unpaired) electrons. The monoisotopic (exact) mass is 326 g/mol. The van der Waals surface area contributed by atoms with E-state index in [1.807, 2.05) is 24.5 Å². The van der Waals surface area contributed by atoms with Crippen LogP contribution in [0.2, 0.25) is 0 Å². The Bertz CT molecular complexity index is 511. The summed E-state index contributed by atoms with van der Waals surface area (Å²) in [6.07, 6.45) is 3.78. The van der Waals surface area contributed by atoms with Gasteiger partial charge in [0, 0.05) is 12.4 Å². The Hall–Kier alpha value is -1.78. The smallest absolute Gasteiger partial charge is 0.0735 e. The molecule has 0 spiro atoms. The lowest BCUT2D eigenvalue weighted by atomic mass is 9.96. The topological polar surface area (TPSA) is 32.3 Å². The fourth-order valence-electron chi connectivity index (χ4n) is 3.43. The molecule has 2 atom stereocenters. The first kappa shape index (κ1) is 18.6. The van der Waals surface area contributed by atoms with Crippen LogP contribution in [0.4, 0.5) is 0 Å². The van der Waals surface area contributed by atoms with Crippen molar-refractivity contribution in [1.82, 2.24) is 19.8 Å². The quantitative estimate of drug-likeness (QED) is 0.698. The molecule has 0 aromatic carbocycles. The molecule has 24 heavy (non-hydrogen) atoms. The molecule has 0 fully saturated rings. The van der Waals surface area contributed by atoms with Gasteiger partial charge in [0.1, 0.15) is 0 Å². The van der Waals surface area contributed by atoms with Crippen molar-refractivity contribution in [2.24, 2.45) is 0 Å². The van der Waals surface area contributed by atoms with E-state index in [9.17, 15) is 0 Å². The summed E-state index contributed by atoms with van der Waals surface area (Å²) < 4.78 is 0. The second-order valence-corrected chi connectivity index (χ2v) is 5.84. The summed E-state index contributed by atoms with van der Waals surface area (Å²) >= 11 is 0. The molecule has 0 N–H and O–H groups in total. The van der Waals surface area contributed by atoms with Gasteiger partial charge in [-0.1, -0.05) is 39.8 Å². The molecule has 0 bridgehead atoms. The molecule has 2 aromatic heterocycles. The standard InChI is InChI=1S/C20H30N4/c1-5-23(6-2)19(17-13-9-11-15-21-17)20(24(7-3)8-4)18-14-10-12-16-22-18/h9-16,19-20H,5-8H2,1-4H3. The van der Waals surface area contributed by atoms with Crippen LogP contribution in [0, 0.1) is 0 Å². The predicted molar refractivity (Wildman–Crippen MR) is 99.8 cm³/mol. The van der Waals surface area contributed by atoms with Crippen molar-refractivity contribution < 1.29 is 0 Å². The third-order valence-corrected chi connectivity index (χ3v) is 4.69. The summed E-state index contributed by atoms with van der Waals surface area (Å²) in [5, 5.41) is 0.